The Morgan fingerprint density at radius 1 is 1.19 bits per heavy atom. The molecule has 1 aromatic carbocycles. The van der Waals surface area contributed by atoms with E-state index in [4.69, 9.17) is 4.98 Å². The summed E-state index contributed by atoms with van der Waals surface area (Å²) in [6.45, 7) is 6.43. The van der Waals surface area contributed by atoms with Gasteiger partial charge in [0.1, 0.15) is 17.1 Å². The number of benzene rings is 1. The number of hydrogen-bond acceptors (Lipinski definition) is 3. The minimum absolute atomic E-state index is 0.121. The van der Waals surface area contributed by atoms with Gasteiger partial charge in [0.05, 0.1) is 15.3 Å². The first-order chi connectivity index (χ1) is 9.88. The maximum absolute atomic E-state index is 9.97. The number of pyridine rings is 1. The molecule has 0 atom stereocenters. The number of nitrogens with zero attached hydrogens (tertiary/aromatic N) is 3. The van der Waals surface area contributed by atoms with Crippen LogP contribution in [0.2, 0.25) is 0 Å². The largest absolute Gasteiger partial charge is 0.507 e. The van der Waals surface area contributed by atoms with Crippen LogP contribution in [0.15, 0.2) is 36.7 Å². The average Bonchev–Trinajstić information content (AvgIpc) is 2.81. The summed E-state index contributed by atoms with van der Waals surface area (Å²) < 4.78 is 3.02. The minimum Gasteiger partial charge on any atom is -0.507 e. The zero-order valence-corrected chi connectivity index (χ0v) is 14.3. The van der Waals surface area contributed by atoms with Gasteiger partial charge in [-0.15, -0.1) is 0 Å². The van der Waals surface area contributed by atoms with Gasteiger partial charge >= 0.3 is 0 Å². The quantitative estimate of drug-likeness (QED) is 0.632. The number of phenolic OH excluding ortho intramolecular Hbond substituents is 1. The van der Waals surface area contributed by atoms with E-state index in [0.29, 0.717) is 0 Å². The molecule has 0 amide bonds. The molecule has 0 radical (unpaired) electrons. The molecule has 0 fully saturated rings. The van der Waals surface area contributed by atoms with E-state index in [0.717, 1.165) is 26.0 Å². The van der Waals surface area contributed by atoms with E-state index in [9.17, 15) is 5.11 Å². The predicted octanol–water partition coefficient (Wildman–Crippen LogP) is 4.16. The van der Waals surface area contributed by atoms with E-state index in [1.54, 1.807) is 18.5 Å². The maximum Gasteiger partial charge on any atom is 0.141 e. The third kappa shape index (κ3) is 2.50. The van der Waals surface area contributed by atoms with Crippen molar-refractivity contribution in [1.29, 1.82) is 0 Å². The van der Waals surface area contributed by atoms with Crippen molar-refractivity contribution in [3.63, 3.8) is 0 Å². The Kier molecular flexibility index (Phi) is 3.39. The van der Waals surface area contributed by atoms with Crippen LogP contribution in [-0.2, 0) is 5.54 Å². The van der Waals surface area contributed by atoms with Crippen molar-refractivity contribution >= 4 is 33.6 Å². The third-order valence-corrected chi connectivity index (χ3v) is 4.24. The average molecular weight is 393 g/mol. The first-order valence-electron chi connectivity index (χ1n) is 6.70. The Hall–Kier alpha value is -1.63. The van der Waals surface area contributed by atoms with Gasteiger partial charge in [0.25, 0.3) is 0 Å². The number of hydrogen-bond donors (Lipinski definition) is 1. The van der Waals surface area contributed by atoms with Crippen LogP contribution in [0.3, 0.4) is 0 Å². The van der Waals surface area contributed by atoms with Crippen molar-refractivity contribution in [2.75, 3.05) is 0 Å². The molecule has 3 aromatic rings. The highest BCUT2D eigenvalue weighted by molar-refractivity contribution is 14.1. The molecule has 2 aromatic heterocycles. The minimum atomic E-state index is -0.121. The Bertz CT molecular complexity index is 818. The standard InChI is InChI=1S/C16H16IN3O/c1-16(2,3)20-13-6-7-18-9-12(13)19-15(20)10-4-5-11(17)14(21)8-10/h4-9,21H,1-3H3. The number of rotatable bonds is 1. The summed E-state index contributed by atoms with van der Waals surface area (Å²) in [5.74, 6) is 1.12. The van der Waals surface area contributed by atoms with Crippen molar-refractivity contribution in [2.24, 2.45) is 0 Å². The van der Waals surface area contributed by atoms with Crippen molar-refractivity contribution < 1.29 is 5.11 Å². The predicted molar refractivity (Wildman–Crippen MR) is 92.3 cm³/mol. The van der Waals surface area contributed by atoms with Crippen molar-refractivity contribution in [3.8, 4) is 17.1 Å². The van der Waals surface area contributed by atoms with Crippen LogP contribution in [0.25, 0.3) is 22.4 Å². The van der Waals surface area contributed by atoms with E-state index in [-0.39, 0.29) is 11.3 Å². The first-order valence-corrected chi connectivity index (χ1v) is 7.77. The summed E-state index contributed by atoms with van der Waals surface area (Å²) in [6, 6.07) is 7.62. The molecule has 5 heteroatoms. The lowest BCUT2D eigenvalue weighted by atomic mass is 10.1. The summed E-state index contributed by atoms with van der Waals surface area (Å²) in [7, 11) is 0. The Morgan fingerprint density at radius 2 is 1.95 bits per heavy atom. The highest BCUT2D eigenvalue weighted by Crippen LogP contribution is 2.33. The number of fused-ring (bicyclic) bond motifs is 1. The summed E-state index contributed by atoms with van der Waals surface area (Å²) in [5.41, 5.74) is 2.69. The van der Waals surface area contributed by atoms with Crippen LogP contribution >= 0.6 is 22.6 Å². The fraction of sp³-hybridized carbons (Fsp3) is 0.250. The fourth-order valence-electron chi connectivity index (χ4n) is 2.46. The van der Waals surface area contributed by atoms with Crippen LogP contribution in [0, 0.1) is 3.57 Å². The summed E-state index contributed by atoms with van der Waals surface area (Å²) in [5, 5.41) is 9.97. The Balaban J connectivity index is 2.33. The van der Waals surface area contributed by atoms with Crippen LogP contribution in [0.5, 0.6) is 5.75 Å². The molecule has 0 saturated heterocycles. The van der Waals surface area contributed by atoms with Gasteiger partial charge in [0.15, 0.2) is 0 Å². The Labute approximate surface area is 137 Å². The Morgan fingerprint density at radius 3 is 2.62 bits per heavy atom. The lowest BCUT2D eigenvalue weighted by Gasteiger charge is -2.24. The molecule has 108 valence electrons. The SMILES string of the molecule is CC(C)(C)n1c(-c2ccc(I)c(O)c2)nc2cnccc21. The van der Waals surface area contributed by atoms with Crippen LogP contribution < -0.4 is 0 Å². The van der Waals surface area contributed by atoms with Crippen LogP contribution in [-0.4, -0.2) is 19.6 Å². The molecule has 0 aliphatic heterocycles. The molecule has 0 aliphatic carbocycles. The summed E-state index contributed by atoms with van der Waals surface area (Å²) in [4.78, 5) is 8.86. The maximum atomic E-state index is 9.97. The van der Waals surface area contributed by atoms with Gasteiger partial charge in [0, 0.05) is 17.3 Å². The molecule has 21 heavy (non-hydrogen) atoms. The van der Waals surface area contributed by atoms with Gasteiger partial charge in [-0.25, -0.2) is 4.98 Å². The number of aromatic hydroxyl groups is 1. The number of aromatic nitrogens is 3. The second-order valence-electron chi connectivity index (χ2n) is 5.97. The summed E-state index contributed by atoms with van der Waals surface area (Å²) in [6.07, 6.45) is 3.55. The highest BCUT2D eigenvalue weighted by atomic mass is 127. The smallest absolute Gasteiger partial charge is 0.141 e. The van der Waals surface area contributed by atoms with E-state index >= 15 is 0 Å². The van der Waals surface area contributed by atoms with Crippen LogP contribution in [0.1, 0.15) is 20.8 Å². The van der Waals surface area contributed by atoms with Gasteiger partial charge in [-0.2, -0.15) is 0 Å². The molecule has 0 spiro atoms. The monoisotopic (exact) mass is 393 g/mol. The zero-order chi connectivity index (χ0) is 15.2. The van der Waals surface area contributed by atoms with Gasteiger partial charge in [-0.3, -0.25) is 4.98 Å². The molecule has 1 N–H and O–H groups in total. The van der Waals surface area contributed by atoms with Gasteiger partial charge in [-0.1, -0.05) is 0 Å². The molecular weight excluding hydrogens is 377 g/mol. The topological polar surface area (TPSA) is 50.9 Å². The van der Waals surface area contributed by atoms with Gasteiger partial charge in [0.2, 0.25) is 0 Å². The van der Waals surface area contributed by atoms with E-state index in [2.05, 4.69) is 52.9 Å². The molecule has 2 heterocycles. The lowest BCUT2D eigenvalue weighted by Crippen LogP contribution is -2.22. The highest BCUT2D eigenvalue weighted by Gasteiger charge is 2.22. The molecule has 0 aliphatic rings. The first kappa shape index (κ1) is 14.3. The van der Waals surface area contributed by atoms with Crippen LogP contribution in [0.4, 0.5) is 0 Å². The number of imidazole rings is 1. The molecule has 4 nitrogen and oxygen atoms in total. The van der Waals surface area contributed by atoms with Crippen molar-refractivity contribution in [3.05, 3.63) is 40.2 Å². The number of halogens is 1. The second kappa shape index (κ2) is 4.98. The third-order valence-electron chi connectivity index (χ3n) is 3.33. The molecule has 0 bridgehead atoms. The van der Waals surface area contributed by atoms with Crippen molar-refractivity contribution in [1.82, 2.24) is 14.5 Å². The molecule has 3 rings (SSSR count). The van der Waals surface area contributed by atoms with Gasteiger partial charge in [-0.05, 0) is 67.6 Å². The normalized spacial score (nSPS) is 12.0. The van der Waals surface area contributed by atoms with E-state index in [1.807, 2.05) is 18.2 Å². The van der Waals surface area contributed by atoms with E-state index < -0.39 is 0 Å². The second-order valence-corrected chi connectivity index (χ2v) is 7.13. The number of phenols is 1. The summed E-state index contributed by atoms with van der Waals surface area (Å²) >= 11 is 2.11. The molecular formula is C16H16IN3O. The van der Waals surface area contributed by atoms with Crippen molar-refractivity contribution in [2.45, 2.75) is 26.3 Å². The lowest BCUT2D eigenvalue weighted by molar-refractivity contribution is 0.413. The molecule has 0 saturated carbocycles. The fourth-order valence-corrected chi connectivity index (χ4v) is 2.79. The van der Waals surface area contributed by atoms with Gasteiger partial charge < -0.3 is 9.67 Å². The zero-order valence-electron chi connectivity index (χ0n) is 12.1. The molecule has 0 unspecified atom stereocenters. The van der Waals surface area contributed by atoms with E-state index in [1.165, 1.54) is 0 Å².